The highest BCUT2D eigenvalue weighted by Crippen LogP contribution is 2.23. The molecule has 0 aromatic carbocycles. The monoisotopic (exact) mass is 330 g/mol. The maximum absolute atomic E-state index is 5.46. The molecule has 0 fully saturated rings. The van der Waals surface area contributed by atoms with E-state index in [-0.39, 0.29) is 0 Å². The molecule has 0 radical (unpaired) electrons. The summed E-state index contributed by atoms with van der Waals surface area (Å²) in [6, 6.07) is 2.49. The SMILES string of the molecule is CCCNCc1nnc(NCc2sccc2Br)o1. The molecule has 5 nitrogen and oxygen atoms in total. The Morgan fingerprint density at radius 2 is 2.28 bits per heavy atom. The van der Waals surface area contributed by atoms with E-state index in [0.29, 0.717) is 25.0 Å². The summed E-state index contributed by atoms with van der Waals surface area (Å²) < 4.78 is 6.56. The molecule has 0 aliphatic carbocycles. The van der Waals surface area contributed by atoms with E-state index in [4.69, 9.17) is 4.42 Å². The smallest absolute Gasteiger partial charge is 0.315 e. The number of nitrogens with zero attached hydrogens (tertiary/aromatic N) is 2. The summed E-state index contributed by atoms with van der Waals surface area (Å²) in [5.41, 5.74) is 0. The fourth-order valence-corrected chi connectivity index (χ4v) is 2.81. The molecule has 7 heteroatoms. The van der Waals surface area contributed by atoms with Crippen LogP contribution < -0.4 is 10.6 Å². The zero-order valence-corrected chi connectivity index (χ0v) is 12.5. The van der Waals surface area contributed by atoms with Gasteiger partial charge in [-0.25, -0.2) is 0 Å². The zero-order chi connectivity index (χ0) is 12.8. The van der Waals surface area contributed by atoms with Gasteiger partial charge in [-0.05, 0) is 40.3 Å². The van der Waals surface area contributed by atoms with Gasteiger partial charge in [-0.15, -0.1) is 16.4 Å². The van der Waals surface area contributed by atoms with Gasteiger partial charge in [-0.2, -0.15) is 0 Å². The second-order valence-corrected chi connectivity index (χ2v) is 5.58. The normalized spacial score (nSPS) is 10.8. The van der Waals surface area contributed by atoms with Crippen molar-refractivity contribution in [2.24, 2.45) is 0 Å². The molecule has 0 amide bonds. The van der Waals surface area contributed by atoms with Gasteiger partial charge in [-0.1, -0.05) is 12.0 Å². The summed E-state index contributed by atoms with van der Waals surface area (Å²) in [4.78, 5) is 1.21. The molecule has 2 heterocycles. The van der Waals surface area contributed by atoms with Crippen molar-refractivity contribution in [2.75, 3.05) is 11.9 Å². The van der Waals surface area contributed by atoms with Crippen molar-refractivity contribution in [2.45, 2.75) is 26.4 Å². The predicted molar refractivity (Wildman–Crippen MR) is 75.6 cm³/mol. The lowest BCUT2D eigenvalue weighted by Gasteiger charge is -1.99. The number of anilines is 1. The van der Waals surface area contributed by atoms with Crippen molar-refractivity contribution in [3.8, 4) is 0 Å². The summed E-state index contributed by atoms with van der Waals surface area (Å²) in [6.07, 6.45) is 1.09. The standard InChI is InChI=1S/C11H15BrN4OS/c1-2-4-13-7-10-15-16-11(17-10)14-6-9-8(12)3-5-18-9/h3,5,13H,2,4,6-7H2,1H3,(H,14,16). The Kier molecular flexibility index (Phi) is 5.15. The topological polar surface area (TPSA) is 63.0 Å². The quantitative estimate of drug-likeness (QED) is 0.764. The minimum Gasteiger partial charge on any atom is -0.407 e. The maximum Gasteiger partial charge on any atom is 0.315 e. The van der Waals surface area contributed by atoms with Crippen LogP contribution in [-0.4, -0.2) is 16.7 Å². The van der Waals surface area contributed by atoms with Crippen LogP contribution in [0.3, 0.4) is 0 Å². The van der Waals surface area contributed by atoms with Crippen LogP contribution in [-0.2, 0) is 13.1 Å². The summed E-state index contributed by atoms with van der Waals surface area (Å²) in [5, 5.41) is 16.3. The lowest BCUT2D eigenvalue weighted by Crippen LogP contribution is -2.13. The van der Waals surface area contributed by atoms with Crippen LogP contribution >= 0.6 is 27.3 Å². The van der Waals surface area contributed by atoms with Gasteiger partial charge in [0, 0.05) is 9.35 Å². The van der Waals surface area contributed by atoms with Crippen LogP contribution in [0.4, 0.5) is 6.01 Å². The third-order valence-corrected chi connectivity index (χ3v) is 4.19. The van der Waals surface area contributed by atoms with Crippen LogP contribution in [0, 0.1) is 0 Å². The Labute approximate surface area is 118 Å². The second-order valence-electron chi connectivity index (χ2n) is 3.72. The van der Waals surface area contributed by atoms with E-state index in [2.05, 4.69) is 43.7 Å². The highest BCUT2D eigenvalue weighted by molar-refractivity contribution is 9.10. The lowest BCUT2D eigenvalue weighted by atomic mass is 10.5. The Bertz CT molecular complexity index is 485. The number of thiophene rings is 1. The molecule has 0 unspecified atom stereocenters. The van der Waals surface area contributed by atoms with Crippen LogP contribution in [0.15, 0.2) is 20.3 Å². The molecule has 0 aliphatic rings. The first-order valence-corrected chi connectivity index (χ1v) is 7.45. The van der Waals surface area contributed by atoms with Gasteiger partial charge >= 0.3 is 6.01 Å². The fourth-order valence-electron chi connectivity index (χ4n) is 1.38. The second kappa shape index (κ2) is 6.86. The molecule has 0 saturated heterocycles. The van der Waals surface area contributed by atoms with Crippen molar-refractivity contribution in [3.63, 3.8) is 0 Å². The Balaban J connectivity index is 1.81. The largest absolute Gasteiger partial charge is 0.407 e. The first-order chi connectivity index (χ1) is 8.79. The number of hydrogen-bond donors (Lipinski definition) is 2. The van der Waals surface area contributed by atoms with Crippen LogP contribution in [0.1, 0.15) is 24.1 Å². The molecule has 0 bridgehead atoms. The van der Waals surface area contributed by atoms with Gasteiger partial charge < -0.3 is 15.1 Å². The number of halogens is 1. The van der Waals surface area contributed by atoms with Crippen molar-refractivity contribution >= 4 is 33.3 Å². The van der Waals surface area contributed by atoms with Gasteiger partial charge in [0.1, 0.15) is 0 Å². The number of nitrogens with one attached hydrogen (secondary N) is 2. The maximum atomic E-state index is 5.46. The van der Waals surface area contributed by atoms with Crippen molar-refractivity contribution < 1.29 is 4.42 Å². The van der Waals surface area contributed by atoms with E-state index in [9.17, 15) is 0 Å². The Morgan fingerprint density at radius 3 is 3.00 bits per heavy atom. The first-order valence-electron chi connectivity index (χ1n) is 5.78. The van der Waals surface area contributed by atoms with Crippen molar-refractivity contribution in [1.29, 1.82) is 0 Å². The van der Waals surface area contributed by atoms with Crippen molar-refractivity contribution in [1.82, 2.24) is 15.5 Å². The number of rotatable bonds is 7. The molecule has 98 valence electrons. The number of hydrogen-bond acceptors (Lipinski definition) is 6. The molecule has 0 saturated carbocycles. The van der Waals surface area contributed by atoms with Crippen LogP contribution in [0.5, 0.6) is 0 Å². The molecule has 2 N–H and O–H groups in total. The molecule has 0 spiro atoms. The molecular formula is C11H15BrN4OS. The van der Waals surface area contributed by atoms with Gasteiger partial charge in [0.15, 0.2) is 0 Å². The average molecular weight is 331 g/mol. The van der Waals surface area contributed by atoms with E-state index in [0.717, 1.165) is 17.4 Å². The minimum atomic E-state index is 0.462. The van der Waals surface area contributed by atoms with Gasteiger partial charge in [0.25, 0.3) is 0 Å². The van der Waals surface area contributed by atoms with E-state index in [1.807, 2.05) is 11.4 Å². The van der Waals surface area contributed by atoms with E-state index < -0.39 is 0 Å². The van der Waals surface area contributed by atoms with Crippen LogP contribution in [0.25, 0.3) is 0 Å². The molecular weight excluding hydrogens is 316 g/mol. The van der Waals surface area contributed by atoms with Gasteiger partial charge in [0.2, 0.25) is 5.89 Å². The highest BCUT2D eigenvalue weighted by atomic mass is 79.9. The zero-order valence-electron chi connectivity index (χ0n) is 10.1. The van der Waals surface area contributed by atoms with E-state index in [1.165, 1.54) is 4.88 Å². The third-order valence-electron chi connectivity index (χ3n) is 2.26. The minimum absolute atomic E-state index is 0.462. The summed E-state index contributed by atoms with van der Waals surface area (Å²) in [6.45, 7) is 4.37. The third kappa shape index (κ3) is 3.79. The lowest BCUT2D eigenvalue weighted by molar-refractivity contribution is 0.477. The highest BCUT2D eigenvalue weighted by Gasteiger charge is 2.06. The Hall–Kier alpha value is -0.920. The molecule has 2 aromatic heterocycles. The predicted octanol–water partition coefficient (Wildman–Crippen LogP) is 3.01. The fraction of sp³-hybridized carbons (Fsp3) is 0.455. The van der Waals surface area contributed by atoms with Gasteiger partial charge in [-0.3, -0.25) is 0 Å². The van der Waals surface area contributed by atoms with Crippen molar-refractivity contribution in [3.05, 3.63) is 26.7 Å². The van der Waals surface area contributed by atoms with Crippen LogP contribution in [0.2, 0.25) is 0 Å². The summed E-state index contributed by atoms with van der Waals surface area (Å²) >= 11 is 5.16. The van der Waals surface area contributed by atoms with Gasteiger partial charge in [0.05, 0.1) is 13.1 Å². The molecule has 0 aliphatic heterocycles. The van der Waals surface area contributed by atoms with E-state index in [1.54, 1.807) is 11.3 Å². The summed E-state index contributed by atoms with van der Waals surface area (Å²) in [5.74, 6) is 0.608. The number of aromatic nitrogens is 2. The molecule has 0 atom stereocenters. The first kappa shape index (κ1) is 13.5. The summed E-state index contributed by atoms with van der Waals surface area (Å²) in [7, 11) is 0. The average Bonchev–Trinajstić information content (AvgIpc) is 2.96. The van der Waals surface area contributed by atoms with E-state index >= 15 is 0 Å². The molecule has 2 rings (SSSR count). The molecule has 18 heavy (non-hydrogen) atoms. The Morgan fingerprint density at radius 1 is 1.39 bits per heavy atom. The molecule has 2 aromatic rings.